The molecule has 0 bridgehead atoms. The Hall–Kier alpha value is -0.990. The summed E-state index contributed by atoms with van der Waals surface area (Å²) in [6, 6.07) is 0.673. The fraction of sp³-hybridized carbons (Fsp3) is 0.750. The van der Waals surface area contributed by atoms with E-state index in [0.717, 1.165) is 18.4 Å². The minimum Gasteiger partial charge on any atom is -0.380 e. The summed E-state index contributed by atoms with van der Waals surface area (Å²) in [5.41, 5.74) is 1.17. The molecule has 3 nitrogen and oxygen atoms in total. The molecule has 1 aliphatic rings. The summed E-state index contributed by atoms with van der Waals surface area (Å²) in [5, 5.41) is 7.79. The molecule has 1 fully saturated rings. The highest BCUT2D eigenvalue weighted by Gasteiger charge is 2.30. The van der Waals surface area contributed by atoms with Gasteiger partial charge in [0.2, 0.25) is 0 Å². The molecule has 1 saturated carbocycles. The van der Waals surface area contributed by atoms with Crippen molar-refractivity contribution in [1.29, 1.82) is 0 Å². The minimum atomic E-state index is 0.673. The molecule has 84 valence electrons. The van der Waals surface area contributed by atoms with Gasteiger partial charge in [0.15, 0.2) is 0 Å². The lowest BCUT2D eigenvalue weighted by Crippen LogP contribution is -2.37. The van der Waals surface area contributed by atoms with Gasteiger partial charge in [0.25, 0.3) is 0 Å². The highest BCUT2D eigenvalue weighted by molar-refractivity contribution is 5.40. The molecule has 0 aromatic carbocycles. The third-order valence-electron chi connectivity index (χ3n) is 3.45. The van der Waals surface area contributed by atoms with Crippen molar-refractivity contribution >= 4 is 5.69 Å². The molecule has 0 saturated heterocycles. The average molecular weight is 207 g/mol. The van der Waals surface area contributed by atoms with E-state index in [1.807, 2.05) is 10.9 Å². The lowest BCUT2D eigenvalue weighted by molar-refractivity contribution is 0.212. The lowest BCUT2D eigenvalue weighted by atomic mass is 9.73. The van der Waals surface area contributed by atoms with Crippen LogP contribution in [0.3, 0.4) is 0 Å². The zero-order valence-corrected chi connectivity index (χ0v) is 9.90. The van der Waals surface area contributed by atoms with Gasteiger partial charge in [-0.1, -0.05) is 13.8 Å². The second-order valence-corrected chi connectivity index (χ2v) is 4.90. The molecule has 0 atom stereocenters. The van der Waals surface area contributed by atoms with Gasteiger partial charge in [-0.3, -0.25) is 4.68 Å². The fourth-order valence-corrected chi connectivity index (χ4v) is 2.17. The first kappa shape index (κ1) is 10.5. The van der Waals surface area contributed by atoms with Gasteiger partial charge >= 0.3 is 0 Å². The summed E-state index contributed by atoms with van der Waals surface area (Å²) >= 11 is 0. The van der Waals surface area contributed by atoms with Gasteiger partial charge in [-0.2, -0.15) is 5.10 Å². The monoisotopic (exact) mass is 207 g/mol. The number of aromatic nitrogens is 2. The van der Waals surface area contributed by atoms with Gasteiger partial charge < -0.3 is 5.32 Å². The number of anilines is 1. The van der Waals surface area contributed by atoms with Crippen molar-refractivity contribution in [3.8, 4) is 0 Å². The minimum absolute atomic E-state index is 0.673. The van der Waals surface area contributed by atoms with E-state index in [1.54, 1.807) is 0 Å². The second-order valence-electron chi connectivity index (χ2n) is 4.90. The highest BCUT2D eigenvalue weighted by Crippen LogP contribution is 2.35. The summed E-state index contributed by atoms with van der Waals surface area (Å²) in [6.07, 6.45) is 6.64. The van der Waals surface area contributed by atoms with Crippen molar-refractivity contribution in [3.63, 3.8) is 0 Å². The topological polar surface area (TPSA) is 29.9 Å². The third kappa shape index (κ3) is 2.33. The molecule has 15 heavy (non-hydrogen) atoms. The van der Waals surface area contributed by atoms with E-state index in [4.69, 9.17) is 0 Å². The smallest absolute Gasteiger partial charge is 0.0728 e. The summed E-state index contributed by atoms with van der Waals surface area (Å²) in [4.78, 5) is 0. The molecule has 1 N–H and O–H groups in total. The molecule has 0 spiro atoms. The fourth-order valence-electron chi connectivity index (χ4n) is 2.17. The van der Waals surface area contributed by atoms with Crippen molar-refractivity contribution in [1.82, 2.24) is 9.78 Å². The Balaban J connectivity index is 1.79. The zero-order valence-electron chi connectivity index (χ0n) is 9.90. The van der Waals surface area contributed by atoms with Gasteiger partial charge in [0.1, 0.15) is 0 Å². The Morgan fingerprint density at radius 1 is 1.53 bits per heavy atom. The molecule has 3 heteroatoms. The molecule has 1 aromatic heterocycles. The van der Waals surface area contributed by atoms with E-state index in [2.05, 4.69) is 37.4 Å². The molecule has 1 aliphatic carbocycles. The maximum Gasteiger partial charge on any atom is 0.0728 e. The highest BCUT2D eigenvalue weighted by atomic mass is 15.3. The normalized spacial score (nSPS) is 25.3. The maximum atomic E-state index is 4.25. The lowest BCUT2D eigenvalue weighted by Gasteiger charge is -2.38. The van der Waals surface area contributed by atoms with Crippen LogP contribution < -0.4 is 5.32 Å². The van der Waals surface area contributed by atoms with E-state index < -0.39 is 0 Å². The van der Waals surface area contributed by atoms with Crippen LogP contribution in [-0.4, -0.2) is 15.8 Å². The number of hydrogen-bond donors (Lipinski definition) is 1. The number of rotatable bonds is 4. The van der Waals surface area contributed by atoms with Crippen molar-refractivity contribution in [2.75, 3.05) is 5.32 Å². The molecule has 0 unspecified atom stereocenters. The van der Waals surface area contributed by atoms with Gasteiger partial charge in [0.05, 0.1) is 11.9 Å². The summed E-state index contributed by atoms with van der Waals surface area (Å²) < 4.78 is 1.96. The van der Waals surface area contributed by atoms with Crippen LogP contribution in [-0.2, 0) is 6.54 Å². The van der Waals surface area contributed by atoms with Crippen LogP contribution in [0.25, 0.3) is 0 Å². The standard InChI is InChI=1S/C12H21N3/c1-4-15-8-12(7-13-15)14-11-5-10(6-11)9(2)3/h7-11,14H,4-6H2,1-3H3. The maximum absolute atomic E-state index is 4.25. The Kier molecular flexibility index (Phi) is 2.98. The van der Waals surface area contributed by atoms with Crippen molar-refractivity contribution in [3.05, 3.63) is 12.4 Å². The van der Waals surface area contributed by atoms with Crippen molar-refractivity contribution in [2.24, 2.45) is 11.8 Å². The first-order chi connectivity index (χ1) is 7.19. The first-order valence-corrected chi connectivity index (χ1v) is 5.98. The largest absolute Gasteiger partial charge is 0.380 e. The van der Waals surface area contributed by atoms with Crippen LogP contribution in [0.5, 0.6) is 0 Å². The van der Waals surface area contributed by atoms with E-state index in [-0.39, 0.29) is 0 Å². The molecule has 0 aliphatic heterocycles. The Bertz CT molecular complexity index is 310. The number of aryl methyl sites for hydroxylation is 1. The molecule has 1 aromatic rings. The van der Waals surface area contributed by atoms with Crippen LogP contribution in [0, 0.1) is 11.8 Å². The van der Waals surface area contributed by atoms with Gasteiger partial charge in [0, 0.05) is 18.8 Å². The average Bonchev–Trinajstić information content (AvgIpc) is 2.57. The second kappa shape index (κ2) is 4.25. The quantitative estimate of drug-likeness (QED) is 0.822. The van der Waals surface area contributed by atoms with E-state index in [1.165, 1.54) is 18.5 Å². The Morgan fingerprint density at radius 2 is 2.27 bits per heavy atom. The Labute approximate surface area is 91.9 Å². The van der Waals surface area contributed by atoms with E-state index in [9.17, 15) is 0 Å². The van der Waals surface area contributed by atoms with E-state index >= 15 is 0 Å². The summed E-state index contributed by atoms with van der Waals surface area (Å²) in [6.45, 7) is 7.68. The third-order valence-corrected chi connectivity index (χ3v) is 3.45. The van der Waals surface area contributed by atoms with Crippen LogP contribution >= 0.6 is 0 Å². The van der Waals surface area contributed by atoms with Crippen LogP contribution in [0.15, 0.2) is 12.4 Å². The van der Waals surface area contributed by atoms with E-state index in [0.29, 0.717) is 6.04 Å². The van der Waals surface area contributed by atoms with Crippen molar-refractivity contribution in [2.45, 2.75) is 46.2 Å². The van der Waals surface area contributed by atoms with Crippen molar-refractivity contribution < 1.29 is 0 Å². The van der Waals surface area contributed by atoms with Crippen LogP contribution in [0.2, 0.25) is 0 Å². The zero-order chi connectivity index (χ0) is 10.8. The van der Waals surface area contributed by atoms with Gasteiger partial charge in [-0.25, -0.2) is 0 Å². The SMILES string of the molecule is CCn1cc(NC2CC(C(C)C)C2)cn1. The summed E-state index contributed by atoms with van der Waals surface area (Å²) in [7, 11) is 0. The first-order valence-electron chi connectivity index (χ1n) is 5.98. The molecule has 1 heterocycles. The summed E-state index contributed by atoms with van der Waals surface area (Å²) in [5.74, 6) is 1.75. The molecule has 0 amide bonds. The van der Waals surface area contributed by atoms with Gasteiger partial charge in [-0.05, 0) is 31.6 Å². The molecular formula is C12H21N3. The number of hydrogen-bond acceptors (Lipinski definition) is 2. The number of nitrogens with one attached hydrogen (secondary N) is 1. The molecule has 2 rings (SSSR count). The van der Waals surface area contributed by atoms with Crippen LogP contribution in [0.1, 0.15) is 33.6 Å². The van der Waals surface area contributed by atoms with Crippen LogP contribution in [0.4, 0.5) is 5.69 Å². The number of nitrogens with zero attached hydrogens (tertiary/aromatic N) is 2. The predicted octanol–water partition coefficient (Wildman–Crippen LogP) is 2.75. The van der Waals surface area contributed by atoms with Gasteiger partial charge in [-0.15, -0.1) is 0 Å². The molecular weight excluding hydrogens is 186 g/mol. The predicted molar refractivity (Wildman–Crippen MR) is 62.9 cm³/mol. The molecule has 0 radical (unpaired) electrons. The Morgan fingerprint density at radius 3 is 2.80 bits per heavy atom.